The molecule has 1 amide bonds. The molecule has 7 nitrogen and oxygen atoms in total. The first-order chi connectivity index (χ1) is 8.79. The zero-order valence-corrected chi connectivity index (χ0v) is 11.3. The lowest BCUT2D eigenvalue weighted by molar-refractivity contribution is -0.143. The van der Waals surface area contributed by atoms with E-state index in [1.54, 1.807) is 4.90 Å². The number of primary sulfonamides is 1. The number of nitrogens with two attached hydrogens (primary N) is 1. The quantitative estimate of drug-likeness (QED) is 0.727. The molecule has 1 saturated heterocycles. The van der Waals surface area contributed by atoms with E-state index in [2.05, 4.69) is 0 Å². The minimum absolute atomic E-state index is 0.0464. The van der Waals surface area contributed by atoms with Gasteiger partial charge < -0.3 is 10.0 Å². The summed E-state index contributed by atoms with van der Waals surface area (Å²) < 4.78 is 22.5. The Morgan fingerprint density at radius 2 is 1.84 bits per heavy atom. The zero-order chi connectivity index (χ0) is 14.2. The van der Waals surface area contributed by atoms with Crippen molar-refractivity contribution in [1.29, 1.82) is 0 Å². The van der Waals surface area contributed by atoms with Crippen molar-refractivity contribution in [1.82, 2.24) is 4.90 Å². The Morgan fingerprint density at radius 3 is 2.26 bits per heavy atom. The molecule has 2 aliphatic rings. The molecular weight excluding hydrogens is 272 g/mol. The molecule has 0 aromatic heterocycles. The van der Waals surface area contributed by atoms with E-state index in [0.29, 0.717) is 25.7 Å². The van der Waals surface area contributed by atoms with Gasteiger partial charge in [0, 0.05) is 19.0 Å². The lowest BCUT2D eigenvalue weighted by Gasteiger charge is -2.33. The smallest absolute Gasteiger partial charge is 0.306 e. The van der Waals surface area contributed by atoms with Crippen LogP contribution in [-0.2, 0) is 19.6 Å². The third kappa shape index (κ3) is 3.06. The van der Waals surface area contributed by atoms with Crippen LogP contribution in [0.5, 0.6) is 0 Å². The first-order valence-electron chi connectivity index (χ1n) is 6.33. The van der Waals surface area contributed by atoms with Gasteiger partial charge in [-0.25, -0.2) is 13.6 Å². The Balaban J connectivity index is 1.97. The van der Waals surface area contributed by atoms with Crippen LogP contribution in [0.3, 0.4) is 0 Å². The molecule has 0 spiro atoms. The minimum Gasteiger partial charge on any atom is -0.481 e. The van der Waals surface area contributed by atoms with Crippen molar-refractivity contribution >= 4 is 21.9 Å². The van der Waals surface area contributed by atoms with E-state index in [1.165, 1.54) is 0 Å². The summed E-state index contributed by atoms with van der Waals surface area (Å²) in [6.45, 7) is 0.139. The number of carboxylic acids is 1. The van der Waals surface area contributed by atoms with E-state index < -0.39 is 21.2 Å². The van der Waals surface area contributed by atoms with E-state index in [1.807, 2.05) is 0 Å². The standard InChI is InChI=1S/C11H18N2O5S/c12-19(17,18)9-5-10(14)13(6-9)8-3-1-7(2-4-8)11(15)16/h7-9H,1-6H2,(H,15,16)(H2,12,17,18). The number of carbonyl (C=O) groups excluding carboxylic acids is 1. The summed E-state index contributed by atoms with van der Waals surface area (Å²) >= 11 is 0. The number of aliphatic carboxylic acids is 1. The molecular formula is C11H18N2O5S. The van der Waals surface area contributed by atoms with Crippen LogP contribution >= 0.6 is 0 Å². The maximum absolute atomic E-state index is 11.8. The van der Waals surface area contributed by atoms with Gasteiger partial charge in [-0.15, -0.1) is 0 Å². The maximum Gasteiger partial charge on any atom is 0.306 e. The molecule has 1 aliphatic carbocycles. The van der Waals surface area contributed by atoms with Crippen LogP contribution in [0, 0.1) is 5.92 Å². The molecule has 1 aliphatic heterocycles. The topological polar surface area (TPSA) is 118 Å². The van der Waals surface area contributed by atoms with Gasteiger partial charge in [-0.05, 0) is 25.7 Å². The Kier molecular flexibility index (Phi) is 3.82. The number of hydrogen-bond donors (Lipinski definition) is 2. The average molecular weight is 290 g/mol. The van der Waals surface area contributed by atoms with Crippen LogP contribution in [0.2, 0.25) is 0 Å². The maximum atomic E-state index is 11.8. The summed E-state index contributed by atoms with van der Waals surface area (Å²) in [5.41, 5.74) is 0. The van der Waals surface area contributed by atoms with E-state index >= 15 is 0 Å². The fourth-order valence-electron chi connectivity index (χ4n) is 2.90. The van der Waals surface area contributed by atoms with Gasteiger partial charge in [-0.1, -0.05) is 0 Å². The van der Waals surface area contributed by atoms with Gasteiger partial charge in [0.25, 0.3) is 0 Å². The molecule has 0 aromatic carbocycles. The number of hydrogen-bond acceptors (Lipinski definition) is 4. The second-order valence-electron chi connectivity index (χ2n) is 5.30. The highest BCUT2D eigenvalue weighted by molar-refractivity contribution is 7.89. The Labute approximate surface area is 111 Å². The van der Waals surface area contributed by atoms with Crippen molar-refractivity contribution in [3.8, 4) is 0 Å². The number of carboxylic acid groups (broad SMARTS) is 1. The van der Waals surface area contributed by atoms with E-state index in [9.17, 15) is 18.0 Å². The van der Waals surface area contributed by atoms with Crippen LogP contribution in [0.1, 0.15) is 32.1 Å². The second-order valence-corrected chi connectivity index (χ2v) is 7.15. The lowest BCUT2D eigenvalue weighted by Crippen LogP contribution is -2.41. The van der Waals surface area contributed by atoms with Gasteiger partial charge >= 0.3 is 5.97 Å². The van der Waals surface area contributed by atoms with Crippen LogP contribution < -0.4 is 5.14 Å². The van der Waals surface area contributed by atoms with E-state index in [0.717, 1.165) is 0 Å². The number of carbonyl (C=O) groups is 2. The molecule has 0 aromatic rings. The molecule has 1 unspecified atom stereocenters. The molecule has 1 atom stereocenters. The monoisotopic (exact) mass is 290 g/mol. The van der Waals surface area contributed by atoms with Gasteiger partial charge in [0.05, 0.1) is 5.92 Å². The lowest BCUT2D eigenvalue weighted by atomic mass is 9.85. The van der Waals surface area contributed by atoms with Gasteiger partial charge in [-0.2, -0.15) is 0 Å². The Morgan fingerprint density at radius 1 is 1.26 bits per heavy atom. The van der Waals surface area contributed by atoms with Gasteiger partial charge in [-0.3, -0.25) is 9.59 Å². The highest BCUT2D eigenvalue weighted by Gasteiger charge is 2.41. The van der Waals surface area contributed by atoms with Crippen molar-refractivity contribution in [3.63, 3.8) is 0 Å². The highest BCUT2D eigenvalue weighted by Crippen LogP contribution is 2.31. The second kappa shape index (κ2) is 5.09. The summed E-state index contributed by atoms with van der Waals surface area (Å²) in [7, 11) is -3.69. The third-order valence-electron chi connectivity index (χ3n) is 4.07. The normalized spacial score (nSPS) is 32.6. The van der Waals surface area contributed by atoms with Gasteiger partial charge in [0.2, 0.25) is 15.9 Å². The molecule has 0 bridgehead atoms. The fraction of sp³-hybridized carbons (Fsp3) is 0.818. The van der Waals surface area contributed by atoms with Crippen LogP contribution in [-0.4, -0.2) is 48.1 Å². The minimum atomic E-state index is -3.69. The first kappa shape index (κ1) is 14.3. The van der Waals surface area contributed by atoms with Crippen LogP contribution in [0.15, 0.2) is 0 Å². The molecule has 19 heavy (non-hydrogen) atoms. The molecule has 2 rings (SSSR count). The summed E-state index contributed by atoms with van der Waals surface area (Å²) in [4.78, 5) is 24.3. The van der Waals surface area contributed by atoms with E-state index in [-0.39, 0.29) is 30.8 Å². The van der Waals surface area contributed by atoms with Crippen LogP contribution in [0.4, 0.5) is 0 Å². The molecule has 1 heterocycles. The molecule has 108 valence electrons. The number of amides is 1. The largest absolute Gasteiger partial charge is 0.481 e. The van der Waals surface area contributed by atoms with Crippen molar-refractivity contribution in [2.24, 2.45) is 11.1 Å². The zero-order valence-electron chi connectivity index (χ0n) is 10.5. The molecule has 2 fully saturated rings. The summed E-state index contributed by atoms with van der Waals surface area (Å²) in [6, 6.07) is -0.0464. The molecule has 8 heteroatoms. The number of nitrogens with zero attached hydrogens (tertiary/aromatic N) is 1. The summed E-state index contributed by atoms with van der Waals surface area (Å²) in [6.07, 6.45) is 2.23. The Bertz CT molecular complexity index is 481. The molecule has 0 radical (unpaired) electrons. The number of likely N-dealkylation sites (tertiary alicyclic amines) is 1. The third-order valence-corrected chi connectivity index (χ3v) is 5.32. The predicted octanol–water partition coefficient (Wildman–Crippen LogP) is -0.481. The van der Waals surface area contributed by atoms with Crippen molar-refractivity contribution in [2.75, 3.05) is 6.54 Å². The average Bonchev–Trinajstić information content (AvgIpc) is 2.71. The van der Waals surface area contributed by atoms with Crippen LogP contribution in [0.25, 0.3) is 0 Å². The van der Waals surface area contributed by atoms with E-state index in [4.69, 9.17) is 10.2 Å². The summed E-state index contributed by atoms with van der Waals surface area (Å²) in [5, 5.41) is 13.2. The number of rotatable bonds is 3. The SMILES string of the molecule is NS(=O)(=O)C1CC(=O)N(C2CCC(C(=O)O)CC2)C1. The highest BCUT2D eigenvalue weighted by atomic mass is 32.2. The van der Waals surface area contributed by atoms with Gasteiger partial charge in [0.1, 0.15) is 5.25 Å². The van der Waals surface area contributed by atoms with Crippen molar-refractivity contribution in [3.05, 3.63) is 0 Å². The molecule has 1 saturated carbocycles. The summed E-state index contributed by atoms with van der Waals surface area (Å²) in [5.74, 6) is -1.34. The first-order valence-corrected chi connectivity index (χ1v) is 7.94. The molecule has 3 N–H and O–H groups in total. The number of sulfonamides is 1. The van der Waals surface area contributed by atoms with Crippen molar-refractivity contribution in [2.45, 2.75) is 43.4 Å². The Hall–Kier alpha value is -1.15. The predicted molar refractivity (Wildman–Crippen MR) is 66.6 cm³/mol. The van der Waals surface area contributed by atoms with Crippen molar-refractivity contribution < 1.29 is 23.1 Å². The van der Waals surface area contributed by atoms with Gasteiger partial charge in [0.15, 0.2) is 0 Å². The fourth-order valence-corrected chi connectivity index (χ4v) is 3.65.